The molecule has 2 aliphatic rings. The first kappa shape index (κ1) is 8.31. The Hall–Kier alpha value is 0.210. The first-order valence-corrected chi connectivity index (χ1v) is 3.80. The summed E-state index contributed by atoms with van der Waals surface area (Å²) in [5, 5.41) is 12.7. The summed E-state index contributed by atoms with van der Waals surface area (Å²) in [5.74, 6) is 0. The second-order valence-electron chi connectivity index (χ2n) is 3.20. The van der Waals surface area contributed by atoms with Crippen LogP contribution in [0.3, 0.4) is 0 Å². The molecule has 2 rings (SSSR count). The van der Waals surface area contributed by atoms with E-state index in [1.807, 2.05) is 0 Å². The normalized spacial score (nSPS) is 44.7. The standard InChI is InChI=1S/C7H13NO.ClH/c9-7-4-5-2-1-3-6(7)8-5;/h5-9H,1-4H2;1H/t5-,6+,7+;/m1./s1. The number of nitrogens with one attached hydrogen (secondary N) is 1. The molecule has 2 heterocycles. The minimum absolute atomic E-state index is 0. The zero-order valence-electron chi connectivity index (χ0n) is 5.92. The van der Waals surface area contributed by atoms with Crippen molar-refractivity contribution in [1.29, 1.82) is 0 Å². The average molecular weight is 164 g/mol. The highest BCUT2D eigenvalue weighted by Gasteiger charge is 2.34. The highest BCUT2D eigenvalue weighted by molar-refractivity contribution is 5.85. The molecule has 60 valence electrons. The molecule has 3 atom stereocenters. The van der Waals surface area contributed by atoms with E-state index in [9.17, 15) is 5.11 Å². The third-order valence-electron chi connectivity index (χ3n) is 2.51. The Morgan fingerprint density at radius 1 is 1.30 bits per heavy atom. The fraction of sp³-hybridized carbons (Fsp3) is 1.00. The van der Waals surface area contributed by atoms with Crippen LogP contribution in [0.4, 0.5) is 0 Å². The van der Waals surface area contributed by atoms with Crippen LogP contribution in [0.15, 0.2) is 0 Å². The average Bonchev–Trinajstić information content (AvgIpc) is 2.09. The molecule has 0 aromatic heterocycles. The van der Waals surface area contributed by atoms with E-state index in [1.54, 1.807) is 0 Å². The Kier molecular flexibility index (Phi) is 2.55. The lowest BCUT2D eigenvalue weighted by Crippen LogP contribution is -2.36. The lowest BCUT2D eigenvalue weighted by atomic mass is 10.1. The predicted molar refractivity (Wildman–Crippen MR) is 42.4 cm³/mol. The molecule has 0 radical (unpaired) electrons. The SMILES string of the molecule is Cl.O[C@H]1C[C@H]2CCC[C@@H]1N2. The molecule has 2 nitrogen and oxygen atoms in total. The van der Waals surface area contributed by atoms with Gasteiger partial charge in [0.15, 0.2) is 0 Å². The third-order valence-corrected chi connectivity index (χ3v) is 2.51. The number of rotatable bonds is 0. The highest BCUT2D eigenvalue weighted by Crippen LogP contribution is 2.26. The van der Waals surface area contributed by atoms with Gasteiger partial charge in [-0.1, -0.05) is 6.42 Å². The van der Waals surface area contributed by atoms with Crippen LogP contribution in [-0.2, 0) is 0 Å². The number of piperidine rings is 1. The summed E-state index contributed by atoms with van der Waals surface area (Å²) < 4.78 is 0. The van der Waals surface area contributed by atoms with Crippen LogP contribution in [0.1, 0.15) is 25.7 Å². The second-order valence-corrected chi connectivity index (χ2v) is 3.20. The lowest BCUT2D eigenvalue weighted by Gasteiger charge is -2.20. The van der Waals surface area contributed by atoms with Gasteiger partial charge in [-0.3, -0.25) is 0 Å². The molecule has 2 aliphatic heterocycles. The van der Waals surface area contributed by atoms with Crippen molar-refractivity contribution in [3.05, 3.63) is 0 Å². The molecular formula is C7H14ClNO. The van der Waals surface area contributed by atoms with Gasteiger partial charge in [0.2, 0.25) is 0 Å². The summed E-state index contributed by atoms with van der Waals surface area (Å²) in [6, 6.07) is 1.07. The minimum Gasteiger partial charge on any atom is -0.391 e. The largest absolute Gasteiger partial charge is 0.391 e. The van der Waals surface area contributed by atoms with Crippen molar-refractivity contribution >= 4 is 12.4 Å². The van der Waals surface area contributed by atoms with Crippen LogP contribution >= 0.6 is 12.4 Å². The van der Waals surface area contributed by atoms with Gasteiger partial charge < -0.3 is 10.4 Å². The molecule has 0 amide bonds. The van der Waals surface area contributed by atoms with Crippen molar-refractivity contribution in [1.82, 2.24) is 5.32 Å². The first-order valence-electron chi connectivity index (χ1n) is 3.80. The Labute approximate surface area is 67.4 Å². The van der Waals surface area contributed by atoms with Crippen LogP contribution in [0.5, 0.6) is 0 Å². The maximum Gasteiger partial charge on any atom is 0.0708 e. The van der Waals surface area contributed by atoms with Crippen molar-refractivity contribution in [3.63, 3.8) is 0 Å². The van der Waals surface area contributed by atoms with Gasteiger partial charge in [0, 0.05) is 12.1 Å². The van der Waals surface area contributed by atoms with Gasteiger partial charge in [-0.15, -0.1) is 12.4 Å². The molecule has 0 aromatic carbocycles. The number of aliphatic hydroxyl groups excluding tert-OH is 1. The van der Waals surface area contributed by atoms with E-state index < -0.39 is 0 Å². The monoisotopic (exact) mass is 163 g/mol. The molecule has 0 unspecified atom stereocenters. The molecule has 2 bridgehead atoms. The summed E-state index contributed by atoms with van der Waals surface area (Å²) in [7, 11) is 0. The number of hydrogen-bond donors (Lipinski definition) is 2. The van der Waals surface area contributed by atoms with E-state index in [2.05, 4.69) is 5.32 Å². The van der Waals surface area contributed by atoms with Crippen molar-refractivity contribution in [3.8, 4) is 0 Å². The molecular weight excluding hydrogens is 150 g/mol. The molecule has 0 spiro atoms. The van der Waals surface area contributed by atoms with Gasteiger partial charge in [0.05, 0.1) is 6.10 Å². The van der Waals surface area contributed by atoms with Crippen LogP contribution in [-0.4, -0.2) is 23.3 Å². The van der Waals surface area contributed by atoms with Crippen molar-refractivity contribution in [2.24, 2.45) is 0 Å². The molecule has 0 aliphatic carbocycles. The van der Waals surface area contributed by atoms with E-state index in [4.69, 9.17) is 0 Å². The molecule has 0 saturated carbocycles. The number of aliphatic hydroxyl groups is 1. The highest BCUT2D eigenvalue weighted by atomic mass is 35.5. The van der Waals surface area contributed by atoms with Crippen molar-refractivity contribution < 1.29 is 5.11 Å². The maximum absolute atomic E-state index is 9.34. The smallest absolute Gasteiger partial charge is 0.0708 e. The molecule has 2 saturated heterocycles. The molecule has 2 fully saturated rings. The minimum atomic E-state index is -0.0440. The Morgan fingerprint density at radius 2 is 2.10 bits per heavy atom. The van der Waals surface area contributed by atoms with E-state index in [1.165, 1.54) is 19.3 Å². The van der Waals surface area contributed by atoms with Crippen molar-refractivity contribution in [2.75, 3.05) is 0 Å². The summed E-state index contributed by atoms with van der Waals surface area (Å²) in [6.07, 6.45) is 4.70. The van der Waals surface area contributed by atoms with Gasteiger partial charge in [-0.05, 0) is 19.3 Å². The number of halogens is 1. The van der Waals surface area contributed by atoms with Crippen LogP contribution in [0, 0.1) is 0 Å². The fourth-order valence-corrected chi connectivity index (χ4v) is 2.00. The summed E-state index contributed by atoms with van der Waals surface area (Å²) >= 11 is 0. The van der Waals surface area contributed by atoms with Gasteiger partial charge >= 0.3 is 0 Å². The maximum atomic E-state index is 9.34. The lowest BCUT2D eigenvalue weighted by molar-refractivity contribution is 0.156. The molecule has 0 aromatic rings. The number of fused-ring (bicyclic) bond motifs is 2. The van der Waals surface area contributed by atoms with E-state index in [-0.39, 0.29) is 18.5 Å². The van der Waals surface area contributed by atoms with Gasteiger partial charge in [0.25, 0.3) is 0 Å². The molecule has 3 heteroatoms. The van der Waals surface area contributed by atoms with Gasteiger partial charge in [0.1, 0.15) is 0 Å². The Bertz CT molecular complexity index is 118. The molecule has 2 N–H and O–H groups in total. The van der Waals surface area contributed by atoms with E-state index in [0.717, 1.165) is 6.42 Å². The number of hydrogen-bond acceptors (Lipinski definition) is 2. The van der Waals surface area contributed by atoms with Gasteiger partial charge in [-0.25, -0.2) is 0 Å². The zero-order chi connectivity index (χ0) is 6.27. The topological polar surface area (TPSA) is 32.3 Å². The first-order chi connectivity index (χ1) is 4.36. The van der Waals surface area contributed by atoms with Gasteiger partial charge in [-0.2, -0.15) is 0 Å². The predicted octanol–water partition coefficient (Wildman–Crippen LogP) is 0.683. The Balaban J connectivity index is 0.000000500. The Morgan fingerprint density at radius 3 is 2.70 bits per heavy atom. The fourth-order valence-electron chi connectivity index (χ4n) is 2.00. The van der Waals surface area contributed by atoms with Crippen LogP contribution in [0.2, 0.25) is 0 Å². The summed E-state index contributed by atoms with van der Waals surface area (Å²) in [4.78, 5) is 0. The molecule has 10 heavy (non-hydrogen) atoms. The van der Waals surface area contributed by atoms with E-state index >= 15 is 0 Å². The van der Waals surface area contributed by atoms with Crippen molar-refractivity contribution in [2.45, 2.75) is 43.9 Å². The quantitative estimate of drug-likeness (QED) is 0.551. The zero-order valence-corrected chi connectivity index (χ0v) is 6.73. The van der Waals surface area contributed by atoms with Crippen LogP contribution < -0.4 is 5.32 Å². The second kappa shape index (κ2) is 3.07. The third kappa shape index (κ3) is 1.29. The van der Waals surface area contributed by atoms with E-state index in [0.29, 0.717) is 12.1 Å². The summed E-state index contributed by atoms with van der Waals surface area (Å²) in [6.45, 7) is 0. The van der Waals surface area contributed by atoms with Crippen LogP contribution in [0.25, 0.3) is 0 Å². The summed E-state index contributed by atoms with van der Waals surface area (Å²) in [5.41, 5.74) is 0.